The molecule has 5 heteroatoms. The van der Waals surface area contributed by atoms with Gasteiger partial charge in [0.25, 0.3) is 0 Å². The molecule has 1 aliphatic carbocycles. The van der Waals surface area contributed by atoms with Crippen LogP contribution in [0.5, 0.6) is 0 Å². The minimum atomic E-state index is -0.110. The molecule has 4 rings (SSSR count). The van der Waals surface area contributed by atoms with Crippen molar-refractivity contribution in [2.45, 2.75) is 32.2 Å². The molecule has 1 aliphatic rings. The van der Waals surface area contributed by atoms with Crippen LogP contribution < -0.4 is 10.6 Å². The molecule has 0 spiro atoms. The maximum absolute atomic E-state index is 6.21. The van der Waals surface area contributed by atoms with Gasteiger partial charge in [0.15, 0.2) is 0 Å². The summed E-state index contributed by atoms with van der Waals surface area (Å²) in [5.41, 5.74) is 13.1. The molecule has 0 unspecified atom stereocenters. The number of hydrogen-bond acceptors (Lipinski definition) is 5. The number of aromatic nitrogens is 3. The minimum absolute atomic E-state index is 0.110. The van der Waals surface area contributed by atoms with E-state index in [2.05, 4.69) is 71.1 Å². The quantitative estimate of drug-likeness (QED) is 0.786. The van der Waals surface area contributed by atoms with Crippen molar-refractivity contribution in [3.05, 3.63) is 65.7 Å². The Morgan fingerprint density at radius 3 is 2.65 bits per heavy atom. The molecule has 2 heterocycles. The lowest BCUT2D eigenvalue weighted by atomic mass is 9.71. The Balaban J connectivity index is 1.81. The van der Waals surface area contributed by atoms with Crippen molar-refractivity contribution in [2.24, 2.45) is 0 Å². The number of rotatable bonds is 3. The smallest absolute Gasteiger partial charge is 0.131 e. The molecule has 0 bridgehead atoms. The highest BCUT2D eigenvalue weighted by atomic mass is 15.1. The lowest BCUT2D eigenvalue weighted by Crippen LogP contribution is -2.30. The number of nitrogens with two attached hydrogens (primary N) is 1. The fourth-order valence-corrected chi connectivity index (χ4v) is 3.99. The molecule has 0 atom stereocenters. The molecule has 0 saturated carbocycles. The second-order valence-electron chi connectivity index (χ2n) is 7.56. The Hall–Kier alpha value is -2.95. The SMILES string of the molecule is CN(Cc1ccncc1)c1cccc2c1CC(C)(C)c1c(N)ncnc1-2. The Kier molecular flexibility index (Phi) is 3.87. The Bertz CT molecular complexity index is 950. The molecule has 26 heavy (non-hydrogen) atoms. The normalized spacial score (nSPS) is 14.4. The van der Waals surface area contributed by atoms with E-state index in [1.54, 1.807) is 6.33 Å². The van der Waals surface area contributed by atoms with E-state index in [9.17, 15) is 0 Å². The third-order valence-electron chi connectivity index (χ3n) is 5.16. The van der Waals surface area contributed by atoms with Crippen LogP contribution >= 0.6 is 0 Å². The van der Waals surface area contributed by atoms with Gasteiger partial charge in [-0.05, 0) is 41.2 Å². The third kappa shape index (κ3) is 2.69. The van der Waals surface area contributed by atoms with Crippen LogP contribution in [0.4, 0.5) is 11.5 Å². The number of anilines is 2. The summed E-state index contributed by atoms with van der Waals surface area (Å²) in [4.78, 5) is 15.2. The molecule has 5 nitrogen and oxygen atoms in total. The molecule has 0 fully saturated rings. The maximum Gasteiger partial charge on any atom is 0.131 e. The van der Waals surface area contributed by atoms with Crippen molar-refractivity contribution in [3.8, 4) is 11.3 Å². The zero-order valence-corrected chi connectivity index (χ0v) is 15.4. The first-order valence-corrected chi connectivity index (χ1v) is 8.80. The van der Waals surface area contributed by atoms with Gasteiger partial charge in [0.1, 0.15) is 12.1 Å². The van der Waals surface area contributed by atoms with Crippen molar-refractivity contribution in [2.75, 3.05) is 17.7 Å². The zero-order chi connectivity index (χ0) is 18.3. The predicted molar refractivity (Wildman–Crippen MR) is 105 cm³/mol. The number of pyridine rings is 1. The van der Waals surface area contributed by atoms with Crippen molar-refractivity contribution < 1.29 is 0 Å². The zero-order valence-electron chi connectivity index (χ0n) is 15.4. The minimum Gasteiger partial charge on any atom is -0.383 e. The van der Waals surface area contributed by atoms with Crippen LogP contribution in [0.25, 0.3) is 11.3 Å². The predicted octanol–water partition coefficient (Wildman–Crippen LogP) is 3.59. The van der Waals surface area contributed by atoms with Crippen LogP contribution in [0.1, 0.15) is 30.5 Å². The first-order valence-electron chi connectivity index (χ1n) is 8.80. The molecule has 2 aromatic heterocycles. The first kappa shape index (κ1) is 16.5. The molecule has 0 amide bonds. The van der Waals surface area contributed by atoms with Crippen molar-refractivity contribution in [1.82, 2.24) is 15.0 Å². The van der Waals surface area contributed by atoms with E-state index < -0.39 is 0 Å². The lowest BCUT2D eigenvalue weighted by Gasteiger charge is -2.36. The van der Waals surface area contributed by atoms with E-state index in [0.29, 0.717) is 5.82 Å². The Labute approximate surface area is 153 Å². The van der Waals surface area contributed by atoms with Gasteiger partial charge in [0.2, 0.25) is 0 Å². The summed E-state index contributed by atoms with van der Waals surface area (Å²) in [6.07, 6.45) is 6.14. The Morgan fingerprint density at radius 1 is 1.12 bits per heavy atom. The first-order chi connectivity index (χ1) is 12.5. The van der Waals surface area contributed by atoms with E-state index >= 15 is 0 Å². The van der Waals surface area contributed by atoms with E-state index in [0.717, 1.165) is 29.8 Å². The topological polar surface area (TPSA) is 67.9 Å². The molecular formula is C21H23N5. The summed E-state index contributed by atoms with van der Waals surface area (Å²) >= 11 is 0. The number of nitrogens with zero attached hydrogens (tertiary/aromatic N) is 4. The van der Waals surface area contributed by atoms with Gasteiger partial charge in [-0.15, -0.1) is 0 Å². The molecule has 0 aliphatic heterocycles. The van der Waals surface area contributed by atoms with Gasteiger partial charge in [0.05, 0.1) is 5.69 Å². The largest absolute Gasteiger partial charge is 0.383 e. The van der Waals surface area contributed by atoms with E-state index in [1.165, 1.54) is 16.8 Å². The second kappa shape index (κ2) is 6.09. The summed E-state index contributed by atoms with van der Waals surface area (Å²) in [6.45, 7) is 5.26. The number of hydrogen-bond donors (Lipinski definition) is 1. The maximum atomic E-state index is 6.21. The highest BCUT2D eigenvalue weighted by molar-refractivity contribution is 5.80. The molecule has 1 aromatic carbocycles. The van der Waals surface area contributed by atoms with Gasteiger partial charge in [-0.2, -0.15) is 0 Å². The summed E-state index contributed by atoms with van der Waals surface area (Å²) in [5, 5.41) is 0. The summed E-state index contributed by atoms with van der Waals surface area (Å²) in [6, 6.07) is 10.5. The number of benzene rings is 1. The van der Waals surface area contributed by atoms with Crippen LogP contribution in [-0.2, 0) is 18.4 Å². The molecule has 3 aromatic rings. The van der Waals surface area contributed by atoms with Gasteiger partial charge < -0.3 is 10.6 Å². The van der Waals surface area contributed by atoms with Gasteiger partial charge >= 0.3 is 0 Å². The second-order valence-corrected chi connectivity index (χ2v) is 7.56. The fourth-order valence-electron chi connectivity index (χ4n) is 3.99. The van der Waals surface area contributed by atoms with Gasteiger partial charge in [-0.25, -0.2) is 9.97 Å². The van der Waals surface area contributed by atoms with Crippen LogP contribution in [-0.4, -0.2) is 22.0 Å². The lowest BCUT2D eigenvalue weighted by molar-refractivity contribution is 0.514. The highest BCUT2D eigenvalue weighted by Gasteiger charge is 2.35. The van der Waals surface area contributed by atoms with E-state index in [4.69, 9.17) is 5.73 Å². The highest BCUT2D eigenvalue weighted by Crippen LogP contribution is 2.46. The molecule has 132 valence electrons. The van der Waals surface area contributed by atoms with Crippen molar-refractivity contribution >= 4 is 11.5 Å². The fraction of sp³-hybridized carbons (Fsp3) is 0.286. The molecule has 2 N–H and O–H groups in total. The van der Waals surface area contributed by atoms with E-state index in [1.807, 2.05) is 12.4 Å². The summed E-state index contributed by atoms with van der Waals surface area (Å²) in [7, 11) is 2.13. The third-order valence-corrected chi connectivity index (χ3v) is 5.16. The monoisotopic (exact) mass is 345 g/mol. The van der Waals surface area contributed by atoms with E-state index in [-0.39, 0.29) is 5.41 Å². The Morgan fingerprint density at radius 2 is 1.88 bits per heavy atom. The summed E-state index contributed by atoms with van der Waals surface area (Å²) < 4.78 is 0. The van der Waals surface area contributed by atoms with Gasteiger partial charge in [-0.3, -0.25) is 4.98 Å². The van der Waals surface area contributed by atoms with Gasteiger partial charge in [0, 0.05) is 42.8 Å². The van der Waals surface area contributed by atoms with Crippen LogP contribution in [0, 0.1) is 0 Å². The molecule has 0 radical (unpaired) electrons. The summed E-state index contributed by atoms with van der Waals surface area (Å²) in [5.74, 6) is 0.584. The average Bonchev–Trinajstić information content (AvgIpc) is 2.61. The number of fused-ring (bicyclic) bond motifs is 3. The average molecular weight is 345 g/mol. The standard InChI is InChI=1S/C21H23N5/c1-21(2)11-16-15(19-18(21)20(22)25-13-24-19)5-4-6-17(16)26(3)12-14-7-9-23-10-8-14/h4-10,13H,11-12H2,1-3H3,(H2,22,24,25). The molecule has 0 saturated heterocycles. The van der Waals surface area contributed by atoms with Crippen LogP contribution in [0.3, 0.4) is 0 Å². The van der Waals surface area contributed by atoms with Crippen LogP contribution in [0.2, 0.25) is 0 Å². The van der Waals surface area contributed by atoms with Crippen LogP contribution in [0.15, 0.2) is 49.1 Å². The van der Waals surface area contributed by atoms with Gasteiger partial charge in [-0.1, -0.05) is 26.0 Å². The number of nitrogen functional groups attached to an aromatic ring is 1. The van der Waals surface area contributed by atoms with Crippen molar-refractivity contribution in [3.63, 3.8) is 0 Å². The molecular weight excluding hydrogens is 322 g/mol. The van der Waals surface area contributed by atoms with Crippen molar-refractivity contribution in [1.29, 1.82) is 0 Å².